The van der Waals surface area contributed by atoms with Crippen molar-refractivity contribution in [2.45, 2.75) is 40.3 Å². The third-order valence-corrected chi connectivity index (χ3v) is 3.59. The number of para-hydroxylation sites is 2. The molecule has 21 heavy (non-hydrogen) atoms. The molecule has 0 bridgehead atoms. The number of rotatable bonds is 5. The van der Waals surface area contributed by atoms with Crippen molar-refractivity contribution < 1.29 is 9.59 Å². The van der Waals surface area contributed by atoms with Crippen LogP contribution in [0.1, 0.15) is 39.6 Å². The molecule has 5 nitrogen and oxygen atoms in total. The molecule has 112 valence electrons. The molecule has 2 rings (SSSR count). The van der Waals surface area contributed by atoms with E-state index in [0.717, 1.165) is 11.0 Å². The molecule has 0 saturated heterocycles. The van der Waals surface area contributed by atoms with Gasteiger partial charge in [-0.2, -0.15) is 0 Å². The number of Topliss-reactive ketones (excluding diaryl/α,β-unsaturated/α-hetero) is 1. The van der Waals surface area contributed by atoms with Crippen molar-refractivity contribution in [3.63, 3.8) is 0 Å². The fourth-order valence-electron chi connectivity index (χ4n) is 2.20. The van der Waals surface area contributed by atoms with Crippen LogP contribution in [0.2, 0.25) is 0 Å². The van der Waals surface area contributed by atoms with Crippen molar-refractivity contribution >= 4 is 22.7 Å². The Hall–Kier alpha value is -2.17. The minimum atomic E-state index is -0.302. The third-order valence-electron chi connectivity index (χ3n) is 3.59. The van der Waals surface area contributed by atoms with Crippen LogP contribution < -0.4 is 5.32 Å². The molecule has 5 heteroatoms. The molecule has 0 spiro atoms. The van der Waals surface area contributed by atoms with Gasteiger partial charge in [-0.3, -0.25) is 9.59 Å². The van der Waals surface area contributed by atoms with E-state index in [9.17, 15) is 9.59 Å². The monoisotopic (exact) mass is 287 g/mol. The van der Waals surface area contributed by atoms with Crippen molar-refractivity contribution in [1.82, 2.24) is 14.9 Å². The summed E-state index contributed by atoms with van der Waals surface area (Å²) in [5.74, 6) is 0.666. The highest BCUT2D eigenvalue weighted by Gasteiger charge is 2.19. The van der Waals surface area contributed by atoms with Crippen LogP contribution in [-0.4, -0.2) is 21.2 Å². The minimum Gasteiger partial charge on any atom is -0.349 e. The molecule has 1 N–H and O–H groups in total. The molecule has 1 atom stereocenters. The quantitative estimate of drug-likeness (QED) is 0.918. The number of ketones is 1. The summed E-state index contributed by atoms with van der Waals surface area (Å²) in [7, 11) is 0. The van der Waals surface area contributed by atoms with E-state index < -0.39 is 0 Å². The van der Waals surface area contributed by atoms with Gasteiger partial charge in [0.2, 0.25) is 5.91 Å². The van der Waals surface area contributed by atoms with E-state index in [-0.39, 0.29) is 23.7 Å². The van der Waals surface area contributed by atoms with E-state index in [2.05, 4.69) is 10.3 Å². The second-order valence-electron chi connectivity index (χ2n) is 5.55. The minimum absolute atomic E-state index is 0.0240. The molecule has 0 aliphatic heterocycles. The van der Waals surface area contributed by atoms with Crippen LogP contribution in [0, 0.1) is 5.92 Å². The molecule has 2 aromatic rings. The van der Waals surface area contributed by atoms with Crippen LogP contribution in [0.25, 0.3) is 11.0 Å². The molecular formula is C16H21N3O2. The molecule has 1 heterocycles. The molecule has 0 saturated carbocycles. The Labute approximate surface area is 124 Å². The first-order valence-corrected chi connectivity index (χ1v) is 7.15. The number of hydrogen-bond donors (Lipinski definition) is 1. The van der Waals surface area contributed by atoms with E-state index >= 15 is 0 Å². The number of imidazole rings is 1. The van der Waals surface area contributed by atoms with Gasteiger partial charge in [0.05, 0.1) is 23.6 Å². The number of amides is 1. The Morgan fingerprint density at radius 2 is 1.90 bits per heavy atom. The SMILES string of the molecule is CC(=O)C(C)n1c(CNC(=O)C(C)C)nc2ccccc21. The van der Waals surface area contributed by atoms with Crippen molar-refractivity contribution in [3.8, 4) is 0 Å². The Bertz CT molecular complexity index is 673. The standard InChI is InChI=1S/C16H21N3O2/c1-10(2)16(21)17-9-15-18-13-7-5-6-8-14(13)19(15)11(3)12(4)20/h5-8,10-11H,9H2,1-4H3,(H,17,21). The number of nitrogens with zero attached hydrogens (tertiary/aromatic N) is 2. The van der Waals surface area contributed by atoms with Gasteiger partial charge < -0.3 is 9.88 Å². The highest BCUT2D eigenvalue weighted by Crippen LogP contribution is 2.21. The zero-order valence-corrected chi connectivity index (χ0v) is 12.9. The van der Waals surface area contributed by atoms with Crippen LogP contribution in [0.3, 0.4) is 0 Å². The number of fused-ring (bicyclic) bond motifs is 1. The molecule has 1 aromatic heterocycles. The van der Waals surface area contributed by atoms with Gasteiger partial charge in [-0.1, -0.05) is 26.0 Å². The lowest BCUT2D eigenvalue weighted by Gasteiger charge is -2.15. The molecule has 1 aromatic carbocycles. The maximum absolute atomic E-state index is 11.7. The fourth-order valence-corrected chi connectivity index (χ4v) is 2.20. The summed E-state index contributed by atoms with van der Waals surface area (Å²) in [4.78, 5) is 28.0. The number of nitrogens with one attached hydrogen (secondary N) is 1. The number of aromatic nitrogens is 2. The first-order chi connectivity index (χ1) is 9.91. The Morgan fingerprint density at radius 1 is 1.24 bits per heavy atom. The fraction of sp³-hybridized carbons (Fsp3) is 0.438. The van der Waals surface area contributed by atoms with E-state index in [4.69, 9.17) is 0 Å². The third kappa shape index (κ3) is 3.12. The summed E-state index contributed by atoms with van der Waals surface area (Å²) >= 11 is 0. The molecule has 0 aliphatic rings. The number of carbonyl (C=O) groups is 2. The summed E-state index contributed by atoms with van der Waals surface area (Å²) in [6.45, 7) is 7.43. The summed E-state index contributed by atoms with van der Waals surface area (Å²) in [6.07, 6.45) is 0. The lowest BCUT2D eigenvalue weighted by Crippen LogP contribution is -2.29. The first kappa shape index (κ1) is 15.2. The maximum Gasteiger partial charge on any atom is 0.222 e. The zero-order valence-electron chi connectivity index (χ0n) is 12.9. The van der Waals surface area contributed by atoms with Gasteiger partial charge in [0.1, 0.15) is 5.82 Å². The Morgan fingerprint density at radius 3 is 2.52 bits per heavy atom. The van der Waals surface area contributed by atoms with Crippen molar-refractivity contribution in [3.05, 3.63) is 30.1 Å². The van der Waals surface area contributed by atoms with Gasteiger partial charge in [0.25, 0.3) is 0 Å². The van der Waals surface area contributed by atoms with Crippen molar-refractivity contribution in [2.75, 3.05) is 0 Å². The molecular weight excluding hydrogens is 266 g/mol. The number of carbonyl (C=O) groups excluding carboxylic acids is 2. The van der Waals surface area contributed by atoms with Gasteiger partial charge >= 0.3 is 0 Å². The average molecular weight is 287 g/mol. The smallest absolute Gasteiger partial charge is 0.222 e. The molecule has 1 unspecified atom stereocenters. The molecule has 0 fully saturated rings. The normalized spacial score (nSPS) is 12.6. The number of benzene rings is 1. The van der Waals surface area contributed by atoms with Crippen LogP contribution >= 0.6 is 0 Å². The van der Waals surface area contributed by atoms with Crippen molar-refractivity contribution in [1.29, 1.82) is 0 Å². The van der Waals surface area contributed by atoms with Gasteiger partial charge in [-0.05, 0) is 26.0 Å². The van der Waals surface area contributed by atoms with Crippen LogP contribution in [0.15, 0.2) is 24.3 Å². The lowest BCUT2D eigenvalue weighted by molar-refractivity contribution is -0.124. The largest absolute Gasteiger partial charge is 0.349 e. The highest BCUT2D eigenvalue weighted by molar-refractivity contribution is 5.84. The van der Waals surface area contributed by atoms with Gasteiger partial charge in [-0.15, -0.1) is 0 Å². The second kappa shape index (κ2) is 6.08. The van der Waals surface area contributed by atoms with Gasteiger partial charge in [0.15, 0.2) is 5.78 Å². The summed E-state index contributed by atoms with van der Waals surface area (Å²) < 4.78 is 1.90. The van der Waals surface area contributed by atoms with E-state index in [1.54, 1.807) is 6.92 Å². The van der Waals surface area contributed by atoms with E-state index in [1.165, 1.54) is 0 Å². The van der Waals surface area contributed by atoms with Crippen LogP contribution in [0.5, 0.6) is 0 Å². The van der Waals surface area contributed by atoms with Crippen molar-refractivity contribution in [2.24, 2.45) is 5.92 Å². The number of hydrogen-bond acceptors (Lipinski definition) is 3. The van der Waals surface area contributed by atoms with Crippen LogP contribution in [-0.2, 0) is 16.1 Å². The summed E-state index contributed by atoms with van der Waals surface area (Å²) in [6, 6.07) is 7.38. The van der Waals surface area contributed by atoms with E-state index in [0.29, 0.717) is 12.4 Å². The Balaban J connectivity index is 2.40. The molecule has 1 amide bonds. The molecule has 0 aliphatic carbocycles. The topological polar surface area (TPSA) is 64.0 Å². The highest BCUT2D eigenvalue weighted by atomic mass is 16.1. The summed E-state index contributed by atoms with van der Waals surface area (Å²) in [5.41, 5.74) is 1.74. The Kier molecular flexibility index (Phi) is 4.40. The van der Waals surface area contributed by atoms with Crippen LogP contribution in [0.4, 0.5) is 0 Å². The summed E-state index contributed by atoms with van der Waals surface area (Å²) in [5, 5.41) is 2.86. The second-order valence-corrected chi connectivity index (χ2v) is 5.55. The molecule has 0 radical (unpaired) electrons. The predicted octanol–water partition coefficient (Wildman–Crippen LogP) is 2.46. The first-order valence-electron chi connectivity index (χ1n) is 7.15. The van der Waals surface area contributed by atoms with Gasteiger partial charge in [-0.25, -0.2) is 4.98 Å². The zero-order chi connectivity index (χ0) is 15.6. The predicted molar refractivity (Wildman–Crippen MR) is 81.8 cm³/mol. The van der Waals surface area contributed by atoms with Gasteiger partial charge in [0, 0.05) is 5.92 Å². The lowest BCUT2D eigenvalue weighted by atomic mass is 10.2. The maximum atomic E-state index is 11.7. The average Bonchev–Trinajstić information content (AvgIpc) is 2.81. The van der Waals surface area contributed by atoms with E-state index in [1.807, 2.05) is 49.6 Å².